The second-order valence-electron chi connectivity index (χ2n) is 8.09. The van der Waals surface area contributed by atoms with Gasteiger partial charge in [0, 0.05) is 43.4 Å². The molecule has 0 unspecified atom stereocenters. The van der Waals surface area contributed by atoms with Crippen LogP contribution in [0.1, 0.15) is 65.3 Å². The molecule has 7 heteroatoms. The molecule has 30 heavy (non-hydrogen) atoms. The van der Waals surface area contributed by atoms with Gasteiger partial charge in [-0.2, -0.15) is 4.98 Å². The zero-order valence-corrected chi connectivity index (χ0v) is 16.8. The van der Waals surface area contributed by atoms with Crippen LogP contribution >= 0.6 is 0 Å². The van der Waals surface area contributed by atoms with Crippen molar-refractivity contribution in [3.05, 3.63) is 71.6 Å². The summed E-state index contributed by atoms with van der Waals surface area (Å²) in [7, 11) is 0. The van der Waals surface area contributed by atoms with Crippen LogP contribution in [0, 0.1) is 0 Å². The highest BCUT2D eigenvalue weighted by Gasteiger charge is 2.32. The Labute approximate surface area is 175 Å². The minimum atomic E-state index is -0.157. The number of nitrogens with one attached hydrogen (secondary N) is 1. The van der Waals surface area contributed by atoms with Crippen LogP contribution in [0.2, 0.25) is 0 Å². The van der Waals surface area contributed by atoms with Crippen LogP contribution in [0.4, 0.5) is 5.69 Å². The van der Waals surface area contributed by atoms with Gasteiger partial charge in [0.05, 0.1) is 0 Å². The van der Waals surface area contributed by atoms with E-state index in [9.17, 15) is 4.79 Å². The maximum absolute atomic E-state index is 12.5. The van der Waals surface area contributed by atoms with E-state index in [0.717, 1.165) is 48.9 Å². The predicted molar refractivity (Wildman–Crippen MR) is 112 cm³/mol. The lowest BCUT2D eigenvalue weighted by Gasteiger charge is -2.32. The fourth-order valence-corrected chi connectivity index (χ4v) is 3.91. The molecule has 3 aromatic rings. The molecule has 2 aliphatic rings. The fourth-order valence-electron chi connectivity index (χ4n) is 3.91. The Morgan fingerprint density at radius 1 is 1.07 bits per heavy atom. The number of rotatable bonds is 6. The normalized spacial score (nSPS) is 17.1. The lowest BCUT2D eigenvalue weighted by atomic mass is 9.96. The Morgan fingerprint density at radius 2 is 1.87 bits per heavy atom. The number of pyridine rings is 1. The summed E-state index contributed by atoms with van der Waals surface area (Å²) in [6.45, 7) is 2.28. The number of hydrogen-bond acceptors (Lipinski definition) is 6. The molecule has 7 nitrogen and oxygen atoms in total. The number of hydrogen-bond donors (Lipinski definition) is 1. The van der Waals surface area contributed by atoms with Crippen LogP contribution < -0.4 is 10.2 Å². The molecule has 0 radical (unpaired) electrons. The van der Waals surface area contributed by atoms with Crippen LogP contribution in [-0.4, -0.2) is 34.1 Å². The second kappa shape index (κ2) is 8.26. The van der Waals surface area contributed by atoms with E-state index in [1.807, 2.05) is 42.5 Å². The molecule has 5 rings (SSSR count). The lowest BCUT2D eigenvalue weighted by Crippen LogP contribution is -2.33. The Hall–Kier alpha value is -3.22. The molecular weight excluding hydrogens is 378 g/mol. The van der Waals surface area contributed by atoms with E-state index in [1.54, 1.807) is 6.20 Å². The average molecular weight is 403 g/mol. The highest BCUT2D eigenvalue weighted by Crippen LogP contribution is 2.40. The maximum atomic E-state index is 12.5. The summed E-state index contributed by atoms with van der Waals surface area (Å²) in [5.74, 6) is 2.34. The first-order valence-electron chi connectivity index (χ1n) is 10.6. The van der Waals surface area contributed by atoms with Crippen molar-refractivity contribution in [2.45, 2.75) is 44.1 Å². The van der Waals surface area contributed by atoms with Gasteiger partial charge in [0.25, 0.3) is 5.91 Å². The van der Waals surface area contributed by atoms with Gasteiger partial charge in [-0.3, -0.25) is 9.78 Å². The van der Waals surface area contributed by atoms with Crippen LogP contribution in [-0.2, 0) is 6.54 Å². The fraction of sp³-hybridized carbons (Fsp3) is 0.391. The number of amides is 1. The SMILES string of the molecule is O=C(NCc1ccccc1)c1cc(N2CCC(c3noc(C4CC4)n3)CC2)ccn1. The second-order valence-corrected chi connectivity index (χ2v) is 8.09. The standard InChI is InChI=1S/C23H25N5O2/c29-22(25-15-16-4-2-1-3-5-16)20-14-19(8-11-24-20)28-12-9-17(10-13-28)21-26-23(30-27-21)18-6-7-18/h1-5,8,11,14,17-18H,6-7,9-10,12-13,15H2,(H,25,29). The van der Waals surface area contributed by atoms with Crippen molar-refractivity contribution in [3.63, 3.8) is 0 Å². The Balaban J connectivity index is 1.18. The van der Waals surface area contributed by atoms with Gasteiger partial charge in [-0.25, -0.2) is 0 Å². The molecule has 0 bridgehead atoms. The number of benzene rings is 1. The number of anilines is 1. The maximum Gasteiger partial charge on any atom is 0.270 e. The van der Waals surface area contributed by atoms with Crippen molar-refractivity contribution >= 4 is 11.6 Å². The van der Waals surface area contributed by atoms with Crippen LogP contribution in [0.3, 0.4) is 0 Å². The van der Waals surface area contributed by atoms with Crippen molar-refractivity contribution in [3.8, 4) is 0 Å². The van der Waals surface area contributed by atoms with E-state index in [4.69, 9.17) is 4.52 Å². The first-order valence-corrected chi connectivity index (χ1v) is 10.6. The molecule has 2 aromatic heterocycles. The molecule has 0 atom stereocenters. The molecule has 3 heterocycles. The van der Waals surface area contributed by atoms with E-state index in [-0.39, 0.29) is 5.91 Å². The van der Waals surface area contributed by atoms with Gasteiger partial charge in [-0.1, -0.05) is 35.5 Å². The van der Waals surface area contributed by atoms with E-state index < -0.39 is 0 Å². The first kappa shape index (κ1) is 18.8. The lowest BCUT2D eigenvalue weighted by molar-refractivity contribution is 0.0946. The van der Waals surface area contributed by atoms with Gasteiger partial charge in [0.1, 0.15) is 5.69 Å². The molecule has 0 spiro atoms. The van der Waals surface area contributed by atoms with Crippen molar-refractivity contribution < 1.29 is 9.32 Å². The molecule has 1 saturated carbocycles. The molecule has 154 valence electrons. The third-order valence-electron chi connectivity index (χ3n) is 5.88. The average Bonchev–Trinajstić information content (AvgIpc) is 3.55. The quantitative estimate of drug-likeness (QED) is 0.676. The molecule has 1 saturated heterocycles. The smallest absolute Gasteiger partial charge is 0.270 e. The summed E-state index contributed by atoms with van der Waals surface area (Å²) in [6.07, 6.45) is 6.00. The van der Waals surface area contributed by atoms with E-state index in [1.165, 1.54) is 12.8 Å². The number of nitrogens with zero attached hydrogens (tertiary/aromatic N) is 4. The van der Waals surface area contributed by atoms with E-state index >= 15 is 0 Å². The largest absolute Gasteiger partial charge is 0.371 e. The summed E-state index contributed by atoms with van der Waals surface area (Å²) in [5, 5.41) is 7.16. The monoisotopic (exact) mass is 403 g/mol. The summed E-state index contributed by atoms with van der Waals surface area (Å²) in [4.78, 5) is 23.7. The highest BCUT2D eigenvalue weighted by molar-refractivity contribution is 5.93. The summed E-state index contributed by atoms with van der Waals surface area (Å²) < 4.78 is 5.42. The van der Waals surface area contributed by atoms with Crippen molar-refractivity contribution in [2.75, 3.05) is 18.0 Å². The minimum absolute atomic E-state index is 0.157. The highest BCUT2D eigenvalue weighted by atomic mass is 16.5. The predicted octanol–water partition coefficient (Wildman–Crippen LogP) is 3.66. The van der Waals surface area contributed by atoms with E-state index in [0.29, 0.717) is 24.1 Å². The number of carbonyl (C=O) groups excluding carboxylic acids is 1. The number of carbonyl (C=O) groups is 1. The third kappa shape index (κ3) is 4.20. The topological polar surface area (TPSA) is 84.2 Å². The van der Waals surface area contributed by atoms with Crippen LogP contribution in [0.5, 0.6) is 0 Å². The minimum Gasteiger partial charge on any atom is -0.371 e. The van der Waals surface area contributed by atoms with Gasteiger partial charge >= 0.3 is 0 Å². The van der Waals surface area contributed by atoms with Crippen molar-refractivity contribution in [2.24, 2.45) is 0 Å². The zero-order valence-electron chi connectivity index (χ0n) is 16.8. The van der Waals surface area contributed by atoms with Crippen molar-refractivity contribution in [1.82, 2.24) is 20.4 Å². The molecular formula is C23H25N5O2. The molecule has 2 fully saturated rings. The van der Waals surface area contributed by atoms with Crippen molar-refractivity contribution in [1.29, 1.82) is 0 Å². The zero-order chi connectivity index (χ0) is 20.3. The molecule has 1 aliphatic carbocycles. The summed E-state index contributed by atoms with van der Waals surface area (Å²) >= 11 is 0. The van der Waals surface area contributed by atoms with E-state index in [2.05, 4.69) is 25.3 Å². The molecule has 1 aromatic carbocycles. The summed E-state index contributed by atoms with van der Waals surface area (Å²) in [6, 6.07) is 13.7. The first-order chi connectivity index (χ1) is 14.8. The Bertz CT molecular complexity index is 1010. The Kier molecular flexibility index (Phi) is 5.17. The molecule has 1 N–H and O–H groups in total. The van der Waals surface area contributed by atoms with Gasteiger partial charge in [0.2, 0.25) is 5.89 Å². The third-order valence-corrected chi connectivity index (χ3v) is 5.88. The van der Waals surface area contributed by atoms with Gasteiger partial charge in [-0.05, 0) is 43.4 Å². The van der Waals surface area contributed by atoms with Gasteiger partial charge < -0.3 is 14.7 Å². The van der Waals surface area contributed by atoms with Crippen LogP contribution in [0.25, 0.3) is 0 Å². The summed E-state index contributed by atoms with van der Waals surface area (Å²) in [5.41, 5.74) is 2.54. The van der Waals surface area contributed by atoms with Gasteiger partial charge in [0.15, 0.2) is 5.82 Å². The number of aromatic nitrogens is 3. The molecule has 1 aliphatic heterocycles. The molecule has 1 amide bonds. The number of piperidine rings is 1. The van der Waals surface area contributed by atoms with Crippen LogP contribution in [0.15, 0.2) is 53.2 Å². The van der Waals surface area contributed by atoms with Gasteiger partial charge in [-0.15, -0.1) is 0 Å². The Morgan fingerprint density at radius 3 is 2.63 bits per heavy atom.